The summed E-state index contributed by atoms with van der Waals surface area (Å²) in [6.45, 7) is 3.71. The van der Waals surface area contributed by atoms with Gasteiger partial charge < -0.3 is 15.0 Å². The van der Waals surface area contributed by atoms with Crippen molar-refractivity contribution in [3.05, 3.63) is 29.6 Å². The van der Waals surface area contributed by atoms with Crippen LogP contribution in [-0.4, -0.2) is 53.8 Å². The summed E-state index contributed by atoms with van der Waals surface area (Å²) >= 11 is 5.42. The highest BCUT2D eigenvalue weighted by Crippen LogP contribution is 2.20. The normalized spacial score (nSPS) is 18.1. The Morgan fingerprint density at radius 1 is 1.50 bits per heavy atom. The lowest BCUT2D eigenvalue weighted by Gasteiger charge is -2.32. The lowest BCUT2D eigenvalue weighted by molar-refractivity contribution is -0.136. The second-order valence-electron chi connectivity index (χ2n) is 5.11. The van der Waals surface area contributed by atoms with Gasteiger partial charge in [-0.05, 0) is 12.1 Å². The van der Waals surface area contributed by atoms with Crippen molar-refractivity contribution in [2.45, 2.75) is 19.4 Å². The summed E-state index contributed by atoms with van der Waals surface area (Å²) in [6.07, 6.45) is 0.426. The van der Waals surface area contributed by atoms with E-state index in [1.165, 1.54) is 0 Å². The number of nitrogens with zero attached hydrogens (tertiary/aromatic N) is 2. The maximum Gasteiger partial charge on any atom is 0.234 e. The van der Waals surface area contributed by atoms with Crippen LogP contribution in [0.1, 0.15) is 24.4 Å². The molecule has 0 aromatic carbocycles. The molecule has 6 nitrogen and oxygen atoms in total. The third-order valence-corrected chi connectivity index (χ3v) is 3.74. The monoisotopic (exact) mass is 325 g/mol. The van der Waals surface area contributed by atoms with Crippen LogP contribution in [0.25, 0.3) is 0 Å². The zero-order chi connectivity index (χ0) is 15.9. The van der Waals surface area contributed by atoms with Crippen LogP contribution < -0.4 is 5.32 Å². The quantitative estimate of drug-likeness (QED) is 0.816. The van der Waals surface area contributed by atoms with E-state index in [-0.39, 0.29) is 23.8 Å². The molecule has 120 valence electrons. The zero-order valence-electron chi connectivity index (χ0n) is 12.5. The SMILES string of the molecule is CC(=O)N1CCOC(c2cccc(CCNC(=O)CCl)n2)C1. The molecule has 0 bridgehead atoms. The van der Waals surface area contributed by atoms with Gasteiger partial charge in [-0.1, -0.05) is 6.07 Å². The Morgan fingerprint density at radius 2 is 2.32 bits per heavy atom. The van der Waals surface area contributed by atoms with E-state index in [1.807, 2.05) is 18.2 Å². The van der Waals surface area contributed by atoms with Gasteiger partial charge in [0.2, 0.25) is 11.8 Å². The predicted octanol–water partition coefficient (Wildman–Crippen LogP) is 0.899. The molecule has 1 aromatic heterocycles. The molecule has 1 saturated heterocycles. The number of pyridine rings is 1. The standard InChI is InChI=1S/C15H20ClN3O3/c1-11(20)19-7-8-22-14(10-19)13-4-2-3-12(18-13)5-6-17-15(21)9-16/h2-4,14H,5-10H2,1H3,(H,17,21). The molecule has 1 atom stereocenters. The summed E-state index contributed by atoms with van der Waals surface area (Å²) in [4.78, 5) is 28.9. The fraction of sp³-hybridized carbons (Fsp3) is 0.533. The van der Waals surface area contributed by atoms with Crippen LogP contribution in [0.4, 0.5) is 0 Å². The Balaban J connectivity index is 1.95. The molecule has 0 spiro atoms. The molecular weight excluding hydrogens is 306 g/mol. The zero-order valence-corrected chi connectivity index (χ0v) is 13.3. The summed E-state index contributed by atoms with van der Waals surface area (Å²) in [5, 5.41) is 2.71. The average molecular weight is 326 g/mol. The first kappa shape index (κ1) is 16.7. The number of nitrogens with one attached hydrogen (secondary N) is 1. The van der Waals surface area contributed by atoms with Crippen LogP contribution in [0.2, 0.25) is 0 Å². The highest BCUT2D eigenvalue weighted by Gasteiger charge is 2.24. The van der Waals surface area contributed by atoms with Crippen molar-refractivity contribution in [1.29, 1.82) is 0 Å². The number of carbonyl (C=O) groups is 2. The van der Waals surface area contributed by atoms with Gasteiger partial charge in [-0.15, -0.1) is 11.6 Å². The Bertz CT molecular complexity index is 539. The van der Waals surface area contributed by atoms with Crippen molar-refractivity contribution < 1.29 is 14.3 Å². The number of hydrogen-bond acceptors (Lipinski definition) is 4. The largest absolute Gasteiger partial charge is 0.368 e. The molecule has 2 amide bonds. The number of ether oxygens (including phenoxy) is 1. The van der Waals surface area contributed by atoms with E-state index in [0.29, 0.717) is 32.7 Å². The molecular formula is C15H20ClN3O3. The molecule has 1 aliphatic rings. The van der Waals surface area contributed by atoms with E-state index in [9.17, 15) is 9.59 Å². The van der Waals surface area contributed by atoms with Gasteiger partial charge in [0.05, 0.1) is 18.8 Å². The Labute approximate surface area is 134 Å². The Kier molecular flexibility index (Phi) is 6.15. The van der Waals surface area contributed by atoms with Gasteiger partial charge in [0, 0.05) is 32.1 Å². The minimum atomic E-state index is -0.199. The fourth-order valence-corrected chi connectivity index (χ4v) is 2.40. The molecule has 1 aliphatic heterocycles. The molecule has 0 saturated carbocycles. The van der Waals surface area contributed by atoms with Crippen LogP contribution in [0, 0.1) is 0 Å². The Hall–Kier alpha value is -1.66. The van der Waals surface area contributed by atoms with Crippen molar-refractivity contribution in [3.63, 3.8) is 0 Å². The average Bonchev–Trinajstić information content (AvgIpc) is 2.55. The topological polar surface area (TPSA) is 71.5 Å². The van der Waals surface area contributed by atoms with Crippen molar-refractivity contribution in [3.8, 4) is 0 Å². The second kappa shape index (κ2) is 8.10. The highest BCUT2D eigenvalue weighted by molar-refractivity contribution is 6.27. The van der Waals surface area contributed by atoms with Crippen molar-refractivity contribution in [1.82, 2.24) is 15.2 Å². The third-order valence-electron chi connectivity index (χ3n) is 3.49. The number of halogens is 1. The van der Waals surface area contributed by atoms with E-state index >= 15 is 0 Å². The van der Waals surface area contributed by atoms with E-state index in [1.54, 1.807) is 11.8 Å². The van der Waals surface area contributed by atoms with Crippen LogP contribution in [0.15, 0.2) is 18.2 Å². The maximum absolute atomic E-state index is 11.5. The molecule has 0 aliphatic carbocycles. The van der Waals surface area contributed by atoms with E-state index in [2.05, 4.69) is 10.3 Å². The van der Waals surface area contributed by atoms with E-state index in [0.717, 1.165) is 11.4 Å². The van der Waals surface area contributed by atoms with Gasteiger partial charge >= 0.3 is 0 Å². The summed E-state index contributed by atoms with van der Waals surface area (Å²) in [7, 11) is 0. The van der Waals surface area contributed by atoms with Crippen molar-refractivity contribution in [2.75, 3.05) is 32.1 Å². The van der Waals surface area contributed by atoms with Gasteiger partial charge in [0.25, 0.3) is 0 Å². The summed E-state index contributed by atoms with van der Waals surface area (Å²) in [5.41, 5.74) is 1.68. The summed E-state index contributed by atoms with van der Waals surface area (Å²) in [6, 6.07) is 5.72. The maximum atomic E-state index is 11.5. The van der Waals surface area contributed by atoms with Crippen LogP contribution >= 0.6 is 11.6 Å². The molecule has 1 unspecified atom stereocenters. The number of hydrogen-bond donors (Lipinski definition) is 1. The summed E-state index contributed by atoms with van der Waals surface area (Å²) in [5.74, 6) is -0.177. The molecule has 7 heteroatoms. The Morgan fingerprint density at radius 3 is 3.05 bits per heavy atom. The molecule has 1 fully saturated rings. The summed E-state index contributed by atoms with van der Waals surface area (Å²) < 4.78 is 5.72. The van der Waals surface area contributed by atoms with Gasteiger partial charge in [-0.2, -0.15) is 0 Å². The number of aromatic nitrogens is 1. The number of rotatable bonds is 5. The second-order valence-corrected chi connectivity index (χ2v) is 5.38. The smallest absolute Gasteiger partial charge is 0.234 e. The number of amides is 2. The van der Waals surface area contributed by atoms with E-state index < -0.39 is 0 Å². The molecule has 2 rings (SSSR count). The van der Waals surface area contributed by atoms with Gasteiger partial charge in [-0.3, -0.25) is 14.6 Å². The first-order valence-electron chi connectivity index (χ1n) is 7.25. The number of morpholine rings is 1. The lowest BCUT2D eigenvalue weighted by atomic mass is 10.1. The first-order chi connectivity index (χ1) is 10.6. The van der Waals surface area contributed by atoms with Crippen LogP contribution in [-0.2, 0) is 20.7 Å². The minimum absolute atomic E-state index is 0.0374. The number of carbonyl (C=O) groups excluding carboxylic acids is 2. The molecule has 0 radical (unpaired) electrons. The molecule has 1 aromatic rings. The van der Waals surface area contributed by atoms with Gasteiger partial charge in [0.1, 0.15) is 12.0 Å². The fourth-order valence-electron chi connectivity index (χ4n) is 2.31. The van der Waals surface area contributed by atoms with Gasteiger partial charge in [0.15, 0.2) is 0 Å². The van der Waals surface area contributed by atoms with Crippen molar-refractivity contribution in [2.24, 2.45) is 0 Å². The van der Waals surface area contributed by atoms with Crippen molar-refractivity contribution >= 4 is 23.4 Å². The molecule has 22 heavy (non-hydrogen) atoms. The lowest BCUT2D eigenvalue weighted by Crippen LogP contribution is -2.41. The number of alkyl halides is 1. The predicted molar refractivity (Wildman–Crippen MR) is 82.6 cm³/mol. The highest BCUT2D eigenvalue weighted by atomic mass is 35.5. The van der Waals surface area contributed by atoms with E-state index in [4.69, 9.17) is 16.3 Å². The third kappa shape index (κ3) is 4.68. The van der Waals surface area contributed by atoms with Crippen LogP contribution in [0.3, 0.4) is 0 Å². The first-order valence-corrected chi connectivity index (χ1v) is 7.79. The molecule has 1 N–H and O–H groups in total. The molecule has 2 heterocycles. The van der Waals surface area contributed by atoms with Gasteiger partial charge in [-0.25, -0.2) is 0 Å². The van der Waals surface area contributed by atoms with Crippen LogP contribution in [0.5, 0.6) is 0 Å². The minimum Gasteiger partial charge on any atom is -0.368 e.